The van der Waals surface area contributed by atoms with Crippen molar-refractivity contribution in [1.29, 1.82) is 0 Å². The van der Waals surface area contributed by atoms with Crippen molar-refractivity contribution in [3.8, 4) is 17.0 Å². The molecule has 1 aromatic carbocycles. The zero-order valence-electron chi connectivity index (χ0n) is 9.81. The normalized spacial score (nSPS) is 10.5. The van der Waals surface area contributed by atoms with Gasteiger partial charge in [0.2, 0.25) is 0 Å². The highest BCUT2D eigenvalue weighted by molar-refractivity contribution is 5.59. The second-order valence-electron chi connectivity index (χ2n) is 3.67. The summed E-state index contributed by atoms with van der Waals surface area (Å²) in [4.78, 5) is 7.36. The predicted molar refractivity (Wildman–Crippen MR) is 66.0 cm³/mol. The van der Waals surface area contributed by atoms with Gasteiger partial charge in [-0.15, -0.1) is 0 Å². The van der Waals surface area contributed by atoms with Crippen molar-refractivity contribution in [3.05, 3.63) is 36.3 Å². The average Bonchev–Trinajstić information content (AvgIpc) is 2.80. The van der Waals surface area contributed by atoms with Gasteiger partial charge in [0.25, 0.3) is 0 Å². The molecule has 0 aliphatic heterocycles. The van der Waals surface area contributed by atoms with Crippen LogP contribution in [-0.4, -0.2) is 28.3 Å². The molecule has 0 saturated carbocycles. The van der Waals surface area contributed by atoms with Gasteiger partial charge in [-0.2, -0.15) is 0 Å². The molecule has 0 unspecified atom stereocenters. The maximum atomic E-state index is 8.82. The molecule has 0 aliphatic carbocycles. The highest BCUT2D eigenvalue weighted by Gasteiger charge is 2.03. The Morgan fingerprint density at radius 1 is 1.29 bits per heavy atom. The number of ether oxygens (including phenoxy) is 1. The minimum Gasteiger partial charge on any atom is -0.494 e. The maximum Gasteiger partial charge on any atom is 0.119 e. The van der Waals surface area contributed by atoms with Gasteiger partial charge >= 0.3 is 0 Å². The number of aromatic nitrogens is 2. The zero-order valence-corrected chi connectivity index (χ0v) is 9.81. The monoisotopic (exact) mass is 232 g/mol. The molecule has 90 valence electrons. The molecule has 0 spiro atoms. The molecular formula is C13H16N2O2. The molecule has 1 heterocycles. The highest BCUT2D eigenvalue weighted by atomic mass is 16.5. The number of H-pyrrole nitrogens is 1. The third-order valence-electron chi connectivity index (χ3n) is 2.45. The molecule has 4 nitrogen and oxygen atoms in total. The van der Waals surface area contributed by atoms with E-state index in [4.69, 9.17) is 9.84 Å². The van der Waals surface area contributed by atoms with E-state index in [0.29, 0.717) is 13.0 Å². The van der Waals surface area contributed by atoms with E-state index >= 15 is 0 Å². The van der Waals surface area contributed by atoms with Crippen molar-refractivity contribution in [3.63, 3.8) is 0 Å². The van der Waals surface area contributed by atoms with E-state index in [1.807, 2.05) is 31.2 Å². The number of aliphatic hydroxyl groups excluding tert-OH is 1. The maximum absolute atomic E-state index is 8.82. The van der Waals surface area contributed by atoms with Crippen LogP contribution in [0, 0.1) is 0 Å². The van der Waals surface area contributed by atoms with Gasteiger partial charge < -0.3 is 14.8 Å². The second kappa shape index (κ2) is 5.50. The number of rotatable bonds is 5. The van der Waals surface area contributed by atoms with Crippen molar-refractivity contribution < 1.29 is 9.84 Å². The van der Waals surface area contributed by atoms with Gasteiger partial charge in [0.15, 0.2) is 0 Å². The van der Waals surface area contributed by atoms with Crippen molar-refractivity contribution >= 4 is 0 Å². The zero-order chi connectivity index (χ0) is 12.1. The Hall–Kier alpha value is -1.81. The van der Waals surface area contributed by atoms with Gasteiger partial charge in [-0.3, -0.25) is 0 Å². The third kappa shape index (κ3) is 2.85. The number of nitrogens with one attached hydrogen (secondary N) is 1. The van der Waals surface area contributed by atoms with E-state index in [1.54, 1.807) is 6.20 Å². The minimum absolute atomic E-state index is 0.107. The SMILES string of the molecule is CCOc1ccc(-c2cnc(CCO)[nH]2)cc1. The van der Waals surface area contributed by atoms with Crippen LogP contribution in [0.2, 0.25) is 0 Å². The molecule has 0 fully saturated rings. The number of hydrogen-bond donors (Lipinski definition) is 2. The van der Waals surface area contributed by atoms with Gasteiger partial charge in [0.05, 0.1) is 25.1 Å². The summed E-state index contributed by atoms with van der Waals surface area (Å²) in [5.41, 5.74) is 2.02. The first-order chi connectivity index (χ1) is 8.33. The van der Waals surface area contributed by atoms with Gasteiger partial charge in [0.1, 0.15) is 11.6 Å². The number of imidazole rings is 1. The lowest BCUT2D eigenvalue weighted by atomic mass is 10.2. The van der Waals surface area contributed by atoms with Crippen LogP contribution < -0.4 is 4.74 Å². The van der Waals surface area contributed by atoms with Crippen LogP contribution in [0.4, 0.5) is 0 Å². The molecule has 1 aromatic heterocycles. The lowest BCUT2D eigenvalue weighted by Gasteiger charge is -2.03. The summed E-state index contributed by atoms with van der Waals surface area (Å²) in [6, 6.07) is 7.85. The molecule has 0 amide bonds. The Balaban J connectivity index is 2.15. The van der Waals surface area contributed by atoms with Crippen molar-refractivity contribution in [1.82, 2.24) is 9.97 Å². The fourth-order valence-corrected chi connectivity index (χ4v) is 1.64. The van der Waals surface area contributed by atoms with Crippen LogP contribution >= 0.6 is 0 Å². The molecule has 0 aliphatic rings. The van der Waals surface area contributed by atoms with E-state index in [9.17, 15) is 0 Å². The van der Waals surface area contributed by atoms with Crippen molar-refractivity contribution in [2.75, 3.05) is 13.2 Å². The number of nitrogens with zero attached hydrogens (tertiary/aromatic N) is 1. The molecule has 2 aromatic rings. The van der Waals surface area contributed by atoms with E-state index in [0.717, 1.165) is 22.8 Å². The van der Waals surface area contributed by atoms with E-state index < -0.39 is 0 Å². The minimum atomic E-state index is 0.107. The summed E-state index contributed by atoms with van der Waals surface area (Å²) in [7, 11) is 0. The van der Waals surface area contributed by atoms with Crippen LogP contribution in [0.3, 0.4) is 0 Å². The van der Waals surface area contributed by atoms with Gasteiger partial charge in [-0.1, -0.05) is 0 Å². The fraction of sp³-hybridized carbons (Fsp3) is 0.308. The van der Waals surface area contributed by atoms with Crippen LogP contribution in [0.25, 0.3) is 11.3 Å². The summed E-state index contributed by atoms with van der Waals surface area (Å²) >= 11 is 0. The summed E-state index contributed by atoms with van der Waals surface area (Å²) < 4.78 is 5.38. The smallest absolute Gasteiger partial charge is 0.119 e. The third-order valence-corrected chi connectivity index (χ3v) is 2.45. The van der Waals surface area contributed by atoms with Crippen molar-refractivity contribution in [2.45, 2.75) is 13.3 Å². The number of benzene rings is 1. The topological polar surface area (TPSA) is 58.1 Å². The molecule has 2 rings (SSSR count). The Bertz CT molecular complexity index is 463. The van der Waals surface area contributed by atoms with E-state index in [2.05, 4.69) is 9.97 Å². The standard InChI is InChI=1S/C13H16N2O2/c1-2-17-11-5-3-10(4-6-11)12-9-14-13(15-12)7-8-16/h3-6,9,16H,2,7-8H2,1H3,(H,14,15). The summed E-state index contributed by atoms with van der Waals surface area (Å²) in [6.45, 7) is 2.74. The molecule has 0 atom stereocenters. The Morgan fingerprint density at radius 2 is 2.06 bits per heavy atom. The number of aliphatic hydroxyl groups is 1. The Morgan fingerprint density at radius 3 is 2.71 bits per heavy atom. The summed E-state index contributed by atoms with van der Waals surface area (Å²) in [6.07, 6.45) is 2.33. The molecule has 0 saturated heterocycles. The Kier molecular flexibility index (Phi) is 3.77. The quantitative estimate of drug-likeness (QED) is 0.829. The predicted octanol–water partition coefficient (Wildman–Crippen LogP) is 2.01. The lowest BCUT2D eigenvalue weighted by molar-refractivity contribution is 0.297. The summed E-state index contributed by atoms with van der Waals surface area (Å²) in [5.74, 6) is 1.67. The molecule has 17 heavy (non-hydrogen) atoms. The first kappa shape index (κ1) is 11.7. The highest BCUT2D eigenvalue weighted by Crippen LogP contribution is 2.20. The fourth-order valence-electron chi connectivity index (χ4n) is 1.64. The van der Waals surface area contributed by atoms with Gasteiger partial charge in [0, 0.05) is 6.42 Å². The summed E-state index contributed by atoms with van der Waals surface area (Å²) in [5, 5.41) is 8.82. The molecule has 0 bridgehead atoms. The van der Waals surface area contributed by atoms with Crippen LogP contribution in [0.1, 0.15) is 12.7 Å². The second-order valence-corrected chi connectivity index (χ2v) is 3.67. The van der Waals surface area contributed by atoms with Crippen LogP contribution in [0.15, 0.2) is 30.5 Å². The van der Waals surface area contributed by atoms with Gasteiger partial charge in [-0.05, 0) is 36.8 Å². The number of hydrogen-bond acceptors (Lipinski definition) is 3. The molecule has 2 N–H and O–H groups in total. The molecule has 0 radical (unpaired) electrons. The van der Waals surface area contributed by atoms with Crippen LogP contribution in [-0.2, 0) is 6.42 Å². The first-order valence-electron chi connectivity index (χ1n) is 5.71. The van der Waals surface area contributed by atoms with E-state index in [-0.39, 0.29) is 6.61 Å². The molecular weight excluding hydrogens is 216 g/mol. The van der Waals surface area contributed by atoms with E-state index in [1.165, 1.54) is 0 Å². The van der Waals surface area contributed by atoms with Crippen molar-refractivity contribution in [2.24, 2.45) is 0 Å². The first-order valence-corrected chi connectivity index (χ1v) is 5.71. The lowest BCUT2D eigenvalue weighted by Crippen LogP contribution is -1.92. The largest absolute Gasteiger partial charge is 0.494 e. The average molecular weight is 232 g/mol. The molecule has 4 heteroatoms. The Labute approximate surface area is 100 Å². The number of aromatic amines is 1. The van der Waals surface area contributed by atoms with Crippen LogP contribution in [0.5, 0.6) is 5.75 Å². The van der Waals surface area contributed by atoms with Gasteiger partial charge in [-0.25, -0.2) is 4.98 Å².